The highest BCUT2D eigenvalue weighted by Gasteiger charge is 1.95. The number of nitrogens with zero attached hydrogens (tertiary/aromatic N) is 1. The van der Waals surface area contributed by atoms with Crippen molar-refractivity contribution in [3.8, 4) is 0 Å². The zero-order valence-electron chi connectivity index (χ0n) is 6.97. The molecule has 0 amide bonds. The first-order valence-electron chi connectivity index (χ1n) is 4.24. The van der Waals surface area contributed by atoms with Crippen molar-refractivity contribution in [3.05, 3.63) is 18.4 Å². The minimum Gasteiger partial charge on any atom is -0.448 e. The van der Waals surface area contributed by atoms with Crippen LogP contribution in [-0.4, -0.2) is 4.98 Å². The summed E-state index contributed by atoms with van der Waals surface area (Å²) in [4.78, 5) is 3.92. The van der Waals surface area contributed by atoms with E-state index in [9.17, 15) is 0 Å². The molecular weight excluding hydrogens is 138 g/mol. The zero-order valence-corrected chi connectivity index (χ0v) is 6.97. The molecule has 0 fully saturated rings. The van der Waals surface area contributed by atoms with Crippen LogP contribution in [0, 0.1) is 6.20 Å². The normalized spacial score (nSPS) is 10.3. The molecule has 0 aromatic carbocycles. The zero-order chi connectivity index (χ0) is 7.94. The third-order valence-corrected chi connectivity index (χ3v) is 1.68. The largest absolute Gasteiger partial charge is 0.448 e. The average Bonchev–Trinajstić information content (AvgIpc) is 2.50. The van der Waals surface area contributed by atoms with Crippen LogP contribution in [0.15, 0.2) is 10.7 Å². The number of oxazole rings is 1. The standard InChI is InChI=1S/C9H14NO/c1-2-3-4-5-6-9-10-7-8-11-9/h8H,2-6H2,1H3. The fourth-order valence-corrected chi connectivity index (χ4v) is 1.04. The number of aromatic nitrogens is 1. The summed E-state index contributed by atoms with van der Waals surface area (Å²) in [5.41, 5.74) is 0. The number of hydrogen-bond acceptors (Lipinski definition) is 2. The molecule has 0 bridgehead atoms. The Labute approximate surface area is 67.6 Å². The molecule has 1 heterocycles. The Kier molecular flexibility index (Phi) is 3.73. The first-order chi connectivity index (χ1) is 5.43. The van der Waals surface area contributed by atoms with Gasteiger partial charge in [0, 0.05) is 6.42 Å². The molecule has 0 N–H and O–H groups in total. The highest BCUT2D eigenvalue weighted by Crippen LogP contribution is 2.04. The summed E-state index contributed by atoms with van der Waals surface area (Å²) in [6.07, 6.45) is 10.2. The number of hydrogen-bond donors (Lipinski definition) is 0. The molecule has 0 saturated heterocycles. The van der Waals surface area contributed by atoms with Gasteiger partial charge in [0.15, 0.2) is 5.89 Å². The monoisotopic (exact) mass is 152 g/mol. The molecule has 2 heteroatoms. The van der Waals surface area contributed by atoms with Crippen LogP contribution in [-0.2, 0) is 6.42 Å². The van der Waals surface area contributed by atoms with Crippen molar-refractivity contribution >= 4 is 0 Å². The van der Waals surface area contributed by atoms with E-state index in [0.29, 0.717) is 0 Å². The van der Waals surface area contributed by atoms with E-state index in [-0.39, 0.29) is 0 Å². The van der Waals surface area contributed by atoms with Gasteiger partial charge in [0.1, 0.15) is 12.5 Å². The summed E-state index contributed by atoms with van der Waals surface area (Å²) in [7, 11) is 0. The SMILES string of the molecule is CCCCCCc1n[c]co1. The number of aryl methyl sites for hydroxylation is 1. The van der Waals surface area contributed by atoms with Crippen molar-refractivity contribution in [2.24, 2.45) is 0 Å². The van der Waals surface area contributed by atoms with E-state index in [1.165, 1.54) is 31.9 Å². The molecule has 1 radical (unpaired) electrons. The third kappa shape index (κ3) is 3.21. The maximum atomic E-state index is 5.05. The Hall–Kier alpha value is -0.790. The van der Waals surface area contributed by atoms with Gasteiger partial charge >= 0.3 is 0 Å². The van der Waals surface area contributed by atoms with Crippen molar-refractivity contribution in [3.63, 3.8) is 0 Å². The van der Waals surface area contributed by atoms with Crippen molar-refractivity contribution in [2.45, 2.75) is 39.0 Å². The van der Waals surface area contributed by atoms with Gasteiger partial charge < -0.3 is 4.42 Å². The Bertz CT molecular complexity index is 170. The van der Waals surface area contributed by atoms with E-state index in [1.807, 2.05) is 0 Å². The number of rotatable bonds is 5. The van der Waals surface area contributed by atoms with Crippen LogP contribution in [0.5, 0.6) is 0 Å². The lowest BCUT2D eigenvalue weighted by Gasteiger charge is -1.94. The van der Waals surface area contributed by atoms with E-state index in [2.05, 4.69) is 18.1 Å². The van der Waals surface area contributed by atoms with Gasteiger partial charge in [-0.15, -0.1) is 0 Å². The Morgan fingerprint density at radius 2 is 2.36 bits per heavy atom. The minimum atomic E-state index is 0.820. The van der Waals surface area contributed by atoms with Crippen molar-refractivity contribution in [1.29, 1.82) is 0 Å². The van der Waals surface area contributed by atoms with Crippen molar-refractivity contribution in [2.75, 3.05) is 0 Å². The first-order valence-corrected chi connectivity index (χ1v) is 4.24. The van der Waals surface area contributed by atoms with E-state index in [1.54, 1.807) is 0 Å². The smallest absolute Gasteiger partial charge is 0.194 e. The summed E-state index contributed by atoms with van der Waals surface area (Å²) in [6.45, 7) is 2.21. The lowest BCUT2D eigenvalue weighted by atomic mass is 10.1. The Morgan fingerprint density at radius 1 is 1.45 bits per heavy atom. The van der Waals surface area contributed by atoms with Crippen LogP contribution in [0.1, 0.15) is 38.5 Å². The molecule has 0 spiro atoms. The molecule has 0 atom stereocenters. The molecule has 1 aromatic heterocycles. The van der Waals surface area contributed by atoms with Gasteiger partial charge in [-0.2, -0.15) is 0 Å². The van der Waals surface area contributed by atoms with Crippen LogP contribution in [0.25, 0.3) is 0 Å². The summed E-state index contributed by atoms with van der Waals surface area (Å²) in [6, 6.07) is 0. The predicted octanol–water partition coefficient (Wildman–Crippen LogP) is 2.60. The summed E-state index contributed by atoms with van der Waals surface area (Å²) >= 11 is 0. The number of unbranched alkanes of at least 4 members (excludes halogenated alkanes) is 3. The Morgan fingerprint density at radius 3 is 3.00 bits per heavy atom. The van der Waals surface area contributed by atoms with Crippen LogP contribution in [0.2, 0.25) is 0 Å². The lowest BCUT2D eigenvalue weighted by Crippen LogP contribution is -1.84. The molecule has 1 rings (SSSR count). The first kappa shape index (κ1) is 8.31. The van der Waals surface area contributed by atoms with Crippen LogP contribution in [0.4, 0.5) is 0 Å². The van der Waals surface area contributed by atoms with Crippen molar-refractivity contribution in [1.82, 2.24) is 4.98 Å². The van der Waals surface area contributed by atoms with E-state index in [4.69, 9.17) is 4.42 Å². The maximum Gasteiger partial charge on any atom is 0.194 e. The molecule has 1 aromatic rings. The van der Waals surface area contributed by atoms with Crippen molar-refractivity contribution < 1.29 is 4.42 Å². The molecule has 2 nitrogen and oxygen atoms in total. The molecule has 11 heavy (non-hydrogen) atoms. The van der Waals surface area contributed by atoms with Gasteiger partial charge in [-0.05, 0) is 6.42 Å². The van der Waals surface area contributed by atoms with Crippen LogP contribution in [0.3, 0.4) is 0 Å². The summed E-state index contributed by atoms with van der Waals surface area (Å²) < 4.78 is 5.05. The Balaban J connectivity index is 2.04. The fraction of sp³-hybridized carbons (Fsp3) is 0.667. The molecule has 0 aliphatic rings. The predicted molar refractivity (Wildman–Crippen MR) is 43.2 cm³/mol. The second-order valence-electron chi connectivity index (χ2n) is 2.68. The van der Waals surface area contributed by atoms with Gasteiger partial charge in [-0.25, -0.2) is 4.98 Å². The molecule has 0 saturated carbocycles. The topological polar surface area (TPSA) is 26.0 Å². The fourth-order valence-electron chi connectivity index (χ4n) is 1.04. The van der Waals surface area contributed by atoms with E-state index >= 15 is 0 Å². The minimum absolute atomic E-state index is 0.820. The van der Waals surface area contributed by atoms with Gasteiger partial charge in [0.2, 0.25) is 0 Å². The summed E-state index contributed by atoms with van der Waals surface area (Å²) in [5, 5.41) is 0. The van der Waals surface area contributed by atoms with Gasteiger partial charge in [0.05, 0.1) is 0 Å². The average molecular weight is 152 g/mol. The van der Waals surface area contributed by atoms with Gasteiger partial charge in [0.25, 0.3) is 0 Å². The van der Waals surface area contributed by atoms with Crippen LogP contribution < -0.4 is 0 Å². The lowest BCUT2D eigenvalue weighted by molar-refractivity contribution is 0.480. The highest BCUT2D eigenvalue weighted by molar-refractivity contribution is 4.77. The van der Waals surface area contributed by atoms with E-state index < -0.39 is 0 Å². The molecule has 0 aliphatic heterocycles. The summed E-state index contributed by atoms with van der Waals surface area (Å²) in [5.74, 6) is 0.820. The molecule has 0 unspecified atom stereocenters. The van der Waals surface area contributed by atoms with E-state index in [0.717, 1.165) is 12.3 Å². The third-order valence-electron chi connectivity index (χ3n) is 1.68. The molecule has 61 valence electrons. The molecular formula is C9H14NO. The quantitative estimate of drug-likeness (QED) is 0.606. The second-order valence-corrected chi connectivity index (χ2v) is 2.68. The van der Waals surface area contributed by atoms with Gasteiger partial charge in [-0.1, -0.05) is 26.2 Å². The highest BCUT2D eigenvalue weighted by atomic mass is 16.3. The van der Waals surface area contributed by atoms with Crippen LogP contribution >= 0.6 is 0 Å². The maximum absolute atomic E-state index is 5.05. The second kappa shape index (κ2) is 4.94. The molecule has 0 aliphatic carbocycles. The van der Waals surface area contributed by atoms with Gasteiger partial charge in [-0.3, -0.25) is 0 Å².